The van der Waals surface area contributed by atoms with Gasteiger partial charge in [-0.25, -0.2) is 0 Å². The van der Waals surface area contributed by atoms with Crippen LogP contribution >= 0.6 is 0 Å². The Bertz CT molecular complexity index is 617. The predicted molar refractivity (Wildman–Crippen MR) is 96.6 cm³/mol. The van der Waals surface area contributed by atoms with Crippen molar-refractivity contribution in [3.8, 4) is 0 Å². The van der Waals surface area contributed by atoms with Crippen LogP contribution in [0.1, 0.15) is 54.5 Å². The van der Waals surface area contributed by atoms with E-state index >= 15 is 0 Å². The van der Waals surface area contributed by atoms with Crippen LogP contribution < -0.4 is 5.73 Å². The quantitative estimate of drug-likeness (QED) is 0.854. The molecule has 1 heteroatoms. The van der Waals surface area contributed by atoms with Crippen molar-refractivity contribution >= 4 is 0 Å². The Hall–Kier alpha value is -1.60. The van der Waals surface area contributed by atoms with E-state index in [0.29, 0.717) is 12.5 Å². The molecule has 0 saturated carbocycles. The molecule has 0 aliphatic carbocycles. The maximum absolute atomic E-state index is 6.06. The minimum Gasteiger partial charge on any atom is -0.330 e. The topological polar surface area (TPSA) is 26.0 Å². The summed E-state index contributed by atoms with van der Waals surface area (Å²) in [6.45, 7) is 11.8. The minimum absolute atomic E-state index is 0.208. The lowest BCUT2D eigenvalue weighted by atomic mass is 9.85. The summed E-state index contributed by atoms with van der Waals surface area (Å²) in [7, 11) is 0. The normalized spacial score (nSPS) is 13.2. The van der Waals surface area contributed by atoms with Gasteiger partial charge in [-0.2, -0.15) is 0 Å². The largest absolute Gasteiger partial charge is 0.330 e. The smallest absolute Gasteiger partial charge is 0.000419 e. The molecular weight excluding hydrogens is 266 g/mol. The number of aryl methyl sites for hydroxylation is 2. The molecule has 2 N–H and O–H groups in total. The van der Waals surface area contributed by atoms with Crippen LogP contribution in [0.3, 0.4) is 0 Å². The van der Waals surface area contributed by atoms with E-state index in [1.807, 2.05) is 0 Å². The van der Waals surface area contributed by atoms with Crippen molar-refractivity contribution in [2.45, 2.75) is 52.4 Å². The molecule has 118 valence electrons. The summed E-state index contributed by atoms with van der Waals surface area (Å²) < 4.78 is 0. The van der Waals surface area contributed by atoms with E-state index in [2.05, 4.69) is 77.1 Å². The van der Waals surface area contributed by atoms with Crippen LogP contribution in [0.4, 0.5) is 0 Å². The van der Waals surface area contributed by atoms with Gasteiger partial charge in [0.05, 0.1) is 0 Å². The molecule has 2 aromatic rings. The van der Waals surface area contributed by atoms with Gasteiger partial charge in [0, 0.05) is 5.92 Å². The second-order valence-electron chi connectivity index (χ2n) is 7.44. The fourth-order valence-corrected chi connectivity index (χ4v) is 3.03. The standard InChI is InChI=1S/C21H29N/c1-15-6-11-20(16(2)12-15)18(14-22)13-17-7-9-19(10-8-17)21(3,4)5/h6-12,18H,13-14,22H2,1-5H3. The number of hydrogen-bond donors (Lipinski definition) is 1. The summed E-state index contributed by atoms with van der Waals surface area (Å²) >= 11 is 0. The van der Waals surface area contributed by atoms with Gasteiger partial charge in [-0.15, -0.1) is 0 Å². The highest BCUT2D eigenvalue weighted by Gasteiger charge is 2.15. The zero-order valence-electron chi connectivity index (χ0n) is 14.6. The maximum Gasteiger partial charge on any atom is 0.000419 e. The van der Waals surface area contributed by atoms with E-state index in [1.54, 1.807) is 0 Å². The summed E-state index contributed by atoms with van der Waals surface area (Å²) in [6.07, 6.45) is 1.00. The van der Waals surface area contributed by atoms with E-state index < -0.39 is 0 Å². The van der Waals surface area contributed by atoms with Crippen LogP contribution in [-0.4, -0.2) is 6.54 Å². The van der Waals surface area contributed by atoms with Gasteiger partial charge in [-0.1, -0.05) is 68.8 Å². The Balaban J connectivity index is 2.20. The SMILES string of the molecule is Cc1ccc(C(CN)Cc2ccc(C(C)(C)C)cc2)c(C)c1. The van der Waals surface area contributed by atoms with E-state index in [0.717, 1.165) is 6.42 Å². The lowest BCUT2D eigenvalue weighted by Crippen LogP contribution is -2.16. The average molecular weight is 295 g/mol. The molecule has 0 amide bonds. The Kier molecular flexibility index (Phi) is 5.08. The number of hydrogen-bond acceptors (Lipinski definition) is 1. The lowest BCUT2D eigenvalue weighted by molar-refractivity contribution is 0.589. The van der Waals surface area contributed by atoms with Gasteiger partial charge in [0.2, 0.25) is 0 Å². The molecule has 0 bridgehead atoms. The van der Waals surface area contributed by atoms with Crippen LogP contribution in [0, 0.1) is 13.8 Å². The van der Waals surface area contributed by atoms with E-state index in [-0.39, 0.29) is 5.41 Å². The fraction of sp³-hybridized carbons (Fsp3) is 0.429. The molecule has 1 unspecified atom stereocenters. The summed E-state index contributed by atoms with van der Waals surface area (Å²) in [5, 5.41) is 0. The average Bonchev–Trinajstić information content (AvgIpc) is 2.45. The molecule has 22 heavy (non-hydrogen) atoms. The first-order valence-electron chi connectivity index (χ1n) is 8.18. The van der Waals surface area contributed by atoms with Crippen LogP contribution in [0.25, 0.3) is 0 Å². The van der Waals surface area contributed by atoms with Crippen LogP contribution in [0.15, 0.2) is 42.5 Å². The van der Waals surface area contributed by atoms with Crippen LogP contribution in [0.5, 0.6) is 0 Å². The molecule has 0 saturated heterocycles. The molecule has 0 fully saturated rings. The van der Waals surface area contributed by atoms with Gasteiger partial charge in [-0.05, 0) is 54.5 Å². The van der Waals surface area contributed by atoms with Gasteiger partial charge in [0.25, 0.3) is 0 Å². The predicted octanol–water partition coefficient (Wildman–Crippen LogP) is 4.89. The molecule has 0 radical (unpaired) electrons. The zero-order valence-corrected chi connectivity index (χ0v) is 14.6. The first-order valence-corrected chi connectivity index (χ1v) is 8.18. The van der Waals surface area contributed by atoms with Crippen molar-refractivity contribution in [2.75, 3.05) is 6.54 Å². The molecule has 2 aromatic carbocycles. The van der Waals surface area contributed by atoms with Crippen molar-refractivity contribution in [1.29, 1.82) is 0 Å². The summed E-state index contributed by atoms with van der Waals surface area (Å²) in [5.41, 5.74) is 13.1. The Labute approximate surface area is 135 Å². The minimum atomic E-state index is 0.208. The number of rotatable bonds is 4. The third-order valence-electron chi connectivity index (χ3n) is 4.45. The van der Waals surface area contributed by atoms with Gasteiger partial charge in [-0.3, -0.25) is 0 Å². The number of nitrogens with two attached hydrogens (primary N) is 1. The van der Waals surface area contributed by atoms with Crippen molar-refractivity contribution < 1.29 is 0 Å². The molecule has 1 nitrogen and oxygen atoms in total. The molecule has 2 rings (SSSR count). The highest BCUT2D eigenvalue weighted by atomic mass is 14.5. The van der Waals surface area contributed by atoms with Crippen LogP contribution in [0.2, 0.25) is 0 Å². The van der Waals surface area contributed by atoms with Crippen molar-refractivity contribution in [3.05, 3.63) is 70.3 Å². The highest BCUT2D eigenvalue weighted by Crippen LogP contribution is 2.26. The van der Waals surface area contributed by atoms with Crippen molar-refractivity contribution in [1.82, 2.24) is 0 Å². The van der Waals surface area contributed by atoms with Crippen LogP contribution in [-0.2, 0) is 11.8 Å². The highest BCUT2D eigenvalue weighted by molar-refractivity contribution is 5.35. The zero-order chi connectivity index (χ0) is 16.3. The Morgan fingerprint density at radius 2 is 1.59 bits per heavy atom. The monoisotopic (exact) mass is 295 g/mol. The third-order valence-corrected chi connectivity index (χ3v) is 4.45. The molecule has 0 aliphatic heterocycles. The Morgan fingerprint density at radius 1 is 0.955 bits per heavy atom. The second-order valence-corrected chi connectivity index (χ2v) is 7.44. The van der Waals surface area contributed by atoms with E-state index in [4.69, 9.17) is 5.73 Å². The molecule has 1 atom stereocenters. The van der Waals surface area contributed by atoms with Gasteiger partial charge in [0.1, 0.15) is 0 Å². The molecular formula is C21H29N. The van der Waals surface area contributed by atoms with Gasteiger partial charge >= 0.3 is 0 Å². The maximum atomic E-state index is 6.06. The molecule has 0 spiro atoms. The van der Waals surface area contributed by atoms with Gasteiger partial charge < -0.3 is 5.73 Å². The Morgan fingerprint density at radius 3 is 2.09 bits per heavy atom. The van der Waals surface area contributed by atoms with Crippen molar-refractivity contribution in [3.63, 3.8) is 0 Å². The lowest BCUT2D eigenvalue weighted by Gasteiger charge is -2.21. The van der Waals surface area contributed by atoms with E-state index in [9.17, 15) is 0 Å². The first-order chi connectivity index (χ1) is 10.3. The first kappa shape index (κ1) is 16.8. The summed E-state index contributed by atoms with van der Waals surface area (Å²) in [4.78, 5) is 0. The summed E-state index contributed by atoms with van der Waals surface area (Å²) in [5.74, 6) is 0.390. The summed E-state index contributed by atoms with van der Waals surface area (Å²) in [6, 6.07) is 15.7. The van der Waals surface area contributed by atoms with E-state index in [1.165, 1.54) is 27.8 Å². The molecule has 0 aliphatic rings. The third kappa shape index (κ3) is 3.98. The fourth-order valence-electron chi connectivity index (χ4n) is 3.03. The van der Waals surface area contributed by atoms with Gasteiger partial charge in [0.15, 0.2) is 0 Å². The molecule has 0 heterocycles. The molecule has 0 aromatic heterocycles. The second kappa shape index (κ2) is 6.66. The number of benzene rings is 2. The van der Waals surface area contributed by atoms with Crippen molar-refractivity contribution in [2.24, 2.45) is 5.73 Å².